The first-order valence-electron chi connectivity index (χ1n) is 8.55. The first-order chi connectivity index (χ1) is 12.1. The highest BCUT2D eigenvalue weighted by Crippen LogP contribution is 2.25. The lowest BCUT2D eigenvalue weighted by Crippen LogP contribution is -2.50. The molecule has 2 amide bonds. The van der Waals surface area contributed by atoms with Gasteiger partial charge in [0.1, 0.15) is 6.04 Å². The molecule has 5 nitrogen and oxygen atoms in total. The molecule has 2 unspecified atom stereocenters. The van der Waals surface area contributed by atoms with Crippen molar-refractivity contribution in [1.29, 1.82) is 0 Å². The summed E-state index contributed by atoms with van der Waals surface area (Å²) in [4.78, 5) is 26.6. The molecule has 0 radical (unpaired) electrons. The molecule has 1 N–H and O–H groups in total. The highest BCUT2D eigenvalue weighted by Gasteiger charge is 2.30. The van der Waals surface area contributed by atoms with Gasteiger partial charge in [0.25, 0.3) is 0 Å². The number of hydrogen-bond donors (Lipinski definition) is 1. The summed E-state index contributed by atoms with van der Waals surface area (Å²) in [6.45, 7) is 5.19. The molecule has 5 heteroatoms. The lowest BCUT2D eigenvalue weighted by Gasteiger charge is -2.36. The van der Waals surface area contributed by atoms with Gasteiger partial charge in [-0.1, -0.05) is 30.3 Å². The van der Waals surface area contributed by atoms with Crippen molar-refractivity contribution in [3.05, 3.63) is 66.0 Å². The number of hydrogen-bond acceptors (Lipinski definition) is 2. The van der Waals surface area contributed by atoms with Crippen LogP contribution in [0.25, 0.3) is 6.08 Å². The van der Waals surface area contributed by atoms with Gasteiger partial charge in [-0.05, 0) is 37.6 Å². The van der Waals surface area contributed by atoms with Crippen molar-refractivity contribution in [2.75, 3.05) is 6.54 Å². The van der Waals surface area contributed by atoms with E-state index in [1.165, 1.54) is 6.08 Å². The van der Waals surface area contributed by atoms with Crippen LogP contribution in [0.3, 0.4) is 0 Å². The SMILES string of the molecule is CC(NC(=O)C=Cc1ccccc1)C(=O)N1CCn2cccc2C1C. The fourth-order valence-corrected chi connectivity index (χ4v) is 3.19. The van der Waals surface area contributed by atoms with Crippen LogP contribution in [0.4, 0.5) is 0 Å². The third-order valence-electron chi connectivity index (χ3n) is 4.58. The summed E-state index contributed by atoms with van der Waals surface area (Å²) in [6, 6.07) is 13.1. The van der Waals surface area contributed by atoms with Crippen LogP contribution in [-0.2, 0) is 16.1 Å². The molecule has 0 bridgehead atoms. The van der Waals surface area contributed by atoms with Crippen molar-refractivity contribution in [3.63, 3.8) is 0 Å². The van der Waals surface area contributed by atoms with Crippen LogP contribution in [0.2, 0.25) is 0 Å². The van der Waals surface area contributed by atoms with Gasteiger partial charge in [-0.25, -0.2) is 0 Å². The van der Waals surface area contributed by atoms with Gasteiger partial charge < -0.3 is 14.8 Å². The molecule has 3 rings (SSSR count). The second kappa shape index (κ2) is 7.38. The largest absolute Gasteiger partial charge is 0.348 e. The summed E-state index contributed by atoms with van der Waals surface area (Å²) in [5, 5.41) is 2.76. The minimum Gasteiger partial charge on any atom is -0.348 e. The summed E-state index contributed by atoms with van der Waals surface area (Å²) >= 11 is 0. The minimum atomic E-state index is -0.558. The second-order valence-electron chi connectivity index (χ2n) is 6.31. The van der Waals surface area contributed by atoms with Crippen molar-refractivity contribution in [3.8, 4) is 0 Å². The maximum Gasteiger partial charge on any atom is 0.245 e. The third kappa shape index (κ3) is 3.82. The van der Waals surface area contributed by atoms with E-state index in [4.69, 9.17) is 0 Å². The first kappa shape index (κ1) is 17.0. The number of amides is 2. The van der Waals surface area contributed by atoms with Crippen LogP contribution in [0.15, 0.2) is 54.7 Å². The number of aromatic nitrogens is 1. The Morgan fingerprint density at radius 2 is 1.92 bits per heavy atom. The predicted octanol–water partition coefficient (Wildman–Crippen LogP) is 2.61. The van der Waals surface area contributed by atoms with Gasteiger partial charge in [0, 0.05) is 31.1 Å². The summed E-state index contributed by atoms with van der Waals surface area (Å²) in [5.41, 5.74) is 2.07. The van der Waals surface area contributed by atoms with E-state index in [-0.39, 0.29) is 17.9 Å². The maximum absolute atomic E-state index is 12.7. The fourth-order valence-electron chi connectivity index (χ4n) is 3.19. The van der Waals surface area contributed by atoms with Crippen LogP contribution in [0.1, 0.15) is 31.1 Å². The molecule has 2 atom stereocenters. The standard InChI is InChI=1S/C20H23N3O2/c1-15(21-19(24)11-10-17-7-4-3-5-8-17)20(25)23-14-13-22-12-6-9-18(22)16(23)2/h3-12,15-16H,13-14H2,1-2H3,(H,21,24). The van der Waals surface area contributed by atoms with Crippen molar-refractivity contribution >= 4 is 17.9 Å². The molecule has 0 saturated carbocycles. The zero-order valence-electron chi connectivity index (χ0n) is 14.6. The lowest BCUT2D eigenvalue weighted by molar-refractivity contribution is -0.138. The molecule has 2 aromatic rings. The predicted molar refractivity (Wildman–Crippen MR) is 97.6 cm³/mol. The number of carbonyl (C=O) groups excluding carboxylic acids is 2. The van der Waals surface area contributed by atoms with Crippen molar-refractivity contribution < 1.29 is 9.59 Å². The molecule has 1 aliphatic heterocycles. The van der Waals surface area contributed by atoms with E-state index in [2.05, 4.69) is 9.88 Å². The molecule has 1 aromatic heterocycles. The molecular formula is C20H23N3O2. The van der Waals surface area contributed by atoms with Crippen molar-refractivity contribution in [2.45, 2.75) is 32.5 Å². The quantitative estimate of drug-likeness (QED) is 0.872. The Morgan fingerprint density at radius 1 is 1.16 bits per heavy atom. The van der Waals surface area contributed by atoms with Crippen LogP contribution < -0.4 is 5.32 Å². The van der Waals surface area contributed by atoms with Gasteiger partial charge in [-0.3, -0.25) is 9.59 Å². The molecule has 2 heterocycles. The number of nitrogens with zero attached hydrogens (tertiary/aromatic N) is 2. The van der Waals surface area contributed by atoms with Crippen molar-refractivity contribution in [2.24, 2.45) is 0 Å². The normalized spacial score (nSPS) is 18.0. The number of rotatable bonds is 4. The molecule has 25 heavy (non-hydrogen) atoms. The van der Waals surface area contributed by atoms with Crippen LogP contribution in [-0.4, -0.2) is 33.9 Å². The Kier molecular flexibility index (Phi) is 5.03. The number of benzene rings is 1. The number of nitrogens with one attached hydrogen (secondary N) is 1. The minimum absolute atomic E-state index is 0.00969. The Morgan fingerprint density at radius 3 is 2.68 bits per heavy atom. The maximum atomic E-state index is 12.7. The lowest BCUT2D eigenvalue weighted by atomic mass is 10.1. The first-order valence-corrected chi connectivity index (χ1v) is 8.55. The summed E-state index contributed by atoms with van der Waals surface area (Å²) in [6.07, 6.45) is 5.24. The second-order valence-corrected chi connectivity index (χ2v) is 6.31. The van der Waals surface area contributed by atoms with E-state index in [0.717, 1.165) is 17.8 Å². The van der Waals surface area contributed by atoms with E-state index in [0.29, 0.717) is 6.54 Å². The summed E-state index contributed by atoms with van der Waals surface area (Å²) in [7, 11) is 0. The van der Waals surface area contributed by atoms with Crippen LogP contribution in [0, 0.1) is 0 Å². The highest BCUT2D eigenvalue weighted by molar-refractivity contribution is 5.95. The molecule has 0 fully saturated rings. The number of fused-ring (bicyclic) bond motifs is 1. The van der Waals surface area contributed by atoms with Crippen molar-refractivity contribution in [1.82, 2.24) is 14.8 Å². The van der Waals surface area contributed by atoms with E-state index in [1.807, 2.05) is 60.5 Å². The van der Waals surface area contributed by atoms with Gasteiger partial charge in [-0.2, -0.15) is 0 Å². The van der Waals surface area contributed by atoms with Gasteiger partial charge >= 0.3 is 0 Å². The molecule has 130 valence electrons. The van der Waals surface area contributed by atoms with E-state index in [9.17, 15) is 9.59 Å². The number of carbonyl (C=O) groups is 2. The van der Waals surface area contributed by atoms with Gasteiger partial charge in [0.05, 0.1) is 6.04 Å². The molecule has 0 saturated heterocycles. The topological polar surface area (TPSA) is 54.3 Å². The summed E-state index contributed by atoms with van der Waals surface area (Å²) in [5.74, 6) is -0.320. The Hall–Kier alpha value is -2.82. The Bertz CT molecular complexity index is 779. The Labute approximate surface area is 147 Å². The molecule has 1 aliphatic rings. The molecule has 1 aromatic carbocycles. The Balaban J connectivity index is 1.59. The molecular weight excluding hydrogens is 314 g/mol. The smallest absolute Gasteiger partial charge is 0.245 e. The average Bonchev–Trinajstić information content (AvgIpc) is 3.10. The average molecular weight is 337 g/mol. The van der Waals surface area contributed by atoms with E-state index < -0.39 is 6.04 Å². The fraction of sp³-hybridized carbons (Fsp3) is 0.300. The zero-order valence-corrected chi connectivity index (χ0v) is 14.6. The van der Waals surface area contributed by atoms with Gasteiger partial charge in [0.15, 0.2) is 0 Å². The summed E-state index contributed by atoms with van der Waals surface area (Å²) < 4.78 is 2.17. The molecule has 0 aliphatic carbocycles. The van der Waals surface area contributed by atoms with E-state index in [1.54, 1.807) is 13.0 Å². The van der Waals surface area contributed by atoms with Gasteiger partial charge in [-0.15, -0.1) is 0 Å². The monoisotopic (exact) mass is 337 g/mol. The third-order valence-corrected chi connectivity index (χ3v) is 4.58. The zero-order chi connectivity index (χ0) is 17.8. The van der Waals surface area contributed by atoms with Crippen LogP contribution in [0.5, 0.6) is 0 Å². The van der Waals surface area contributed by atoms with Crippen LogP contribution >= 0.6 is 0 Å². The molecule has 0 spiro atoms. The van der Waals surface area contributed by atoms with E-state index >= 15 is 0 Å². The van der Waals surface area contributed by atoms with Gasteiger partial charge in [0.2, 0.25) is 11.8 Å². The highest BCUT2D eigenvalue weighted by atomic mass is 16.2.